The Morgan fingerprint density at radius 3 is 2.31 bits per heavy atom. The summed E-state index contributed by atoms with van der Waals surface area (Å²) >= 11 is 8.45. The van der Waals surface area contributed by atoms with Crippen molar-refractivity contribution in [3.05, 3.63) is 18.0 Å². The number of aliphatic carboxylic acids is 1. The third-order valence-corrected chi connectivity index (χ3v) is 10.8. The predicted molar refractivity (Wildman–Crippen MR) is 119 cm³/mol. The molecule has 0 saturated heterocycles. The minimum Gasteiger partial charge on any atom is -0.477 e. The molecule has 1 aliphatic heterocycles. The summed E-state index contributed by atoms with van der Waals surface area (Å²) in [4.78, 5) is 12.8. The van der Waals surface area contributed by atoms with E-state index in [4.69, 9.17) is 0 Å². The van der Waals surface area contributed by atoms with Crippen molar-refractivity contribution in [2.45, 2.75) is 81.8 Å². The van der Waals surface area contributed by atoms with Crippen LogP contribution in [0.4, 0.5) is 4.39 Å². The number of carboxylic acids is 1. The molecule has 1 aromatic rings. The molecule has 2 atom stereocenters. The molecule has 0 spiro atoms. The van der Waals surface area contributed by atoms with E-state index in [1.807, 2.05) is 0 Å². The topological polar surface area (TPSA) is 37.3 Å². The first-order valence-corrected chi connectivity index (χ1v) is 13.2. The average molecular weight is 530 g/mol. The van der Waals surface area contributed by atoms with E-state index in [0.29, 0.717) is 9.35 Å². The molecule has 2 rings (SSSR count). The van der Waals surface area contributed by atoms with E-state index in [1.54, 1.807) is 0 Å². The highest BCUT2D eigenvalue weighted by Crippen LogP contribution is 2.66. The lowest BCUT2D eigenvalue weighted by Crippen LogP contribution is -2.13. The van der Waals surface area contributed by atoms with Crippen molar-refractivity contribution in [1.29, 1.82) is 0 Å². The van der Waals surface area contributed by atoms with E-state index in [1.165, 1.54) is 37.0 Å². The molecule has 2 nitrogen and oxygen atoms in total. The van der Waals surface area contributed by atoms with Gasteiger partial charge in [0.15, 0.2) is 5.83 Å². The Labute approximate surface area is 179 Å². The van der Waals surface area contributed by atoms with Crippen molar-refractivity contribution in [3.8, 4) is 0 Å². The molecule has 1 aliphatic rings. The molecular formula is C19H27Br2FO2S2. The van der Waals surface area contributed by atoms with Crippen LogP contribution in [0.3, 0.4) is 0 Å². The maximum absolute atomic E-state index is 15.0. The van der Waals surface area contributed by atoms with Crippen molar-refractivity contribution in [3.63, 3.8) is 0 Å². The van der Waals surface area contributed by atoms with Gasteiger partial charge in [0, 0.05) is 4.90 Å². The second kappa shape index (κ2) is 10.6. The van der Waals surface area contributed by atoms with Crippen molar-refractivity contribution in [2.75, 3.05) is 0 Å². The Morgan fingerprint density at radius 2 is 1.69 bits per heavy atom. The number of thiol groups is 1. The van der Waals surface area contributed by atoms with Gasteiger partial charge < -0.3 is 5.11 Å². The molecule has 1 aromatic heterocycles. The normalized spacial score (nSPS) is 19.0. The van der Waals surface area contributed by atoms with Gasteiger partial charge in [0.2, 0.25) is 0 Å². The van der Waals surface area contributed by atoms with E-state index in [0.717, 1.165) is 40.8 Å². The summed E-state index contributed by atoms with van der Waals surface area (Å²) in [5.74, 6) is -1.62. The fraction of sp³-hybridized carbons (Fsp3) is 0.632. The standard InChI is InChI=1S/C19H27Br2FO2S2/c1-3-5-7-8-9-11-12(10-6-4-2)26-15-13(17(20)25-18(15)21)14(22)16(26)19(23)24/h12,26H,3-11H2,1-2H3,(H,23,24). The molecule has 1 N–H and O–H groups in total. The zero-order valence-electron chi connectivity index (χ0n) is 15.3. The fourth-order valence-corrected chi connectivity index (χ4v) is 10.6. The minimum absolute atomic E-state index is 0.0221. The highest BCUT2D eigenvalue weighted by atomic mass is 79.9. The van der Waals surface area contributed by atoms with Crippen molar-refractivity contribution >= 4 is 65.9 Å². The lowest BCUT2D eigenvalue weighted by Gasteiger charge is -2.29. The Morgan fingerprint density at radius 1 is 1.08 bits per heavy atom. The number of hydrogen-bond donors (Lipinski definition) is 2. The molecule has 2 unspecified atom stereocenters. The number of fused-ring (bicyclic) bond motifs is 1. The predicted octanol–water partition coefficient (Wildman–Crippen LogP) is 8.29. The Balaban J connectivity index is 2.30. The van der Waals surface area contributed by atoms with Gasteiger partial charge in [-0.3, -0.25) is 0 Å². The first-order valence-electron chi connectivity index (χ1n) is 9.34. The summed E-state index contributed by atoms with van der Waals surface area (Å²) in [5, 5.41) is 9.97. The molecule has 0 amide bonds. The molecule has 0 bridgehead atoms. The van der Waals surface area contributed by atoms with Crippen molar-refractivity contribution < 1.29 is 14.3 Å². The lowest BCUT2D eigenvalue weighted by atomic mass is 10.1. The molecular weight excluding hydrogens is 503 g/mol. The summed E-state index contributed by atoms with van der Waals surface area (Å²) in [6, 6.07) is 0. The molecule has 26 heavy (non-hydrogen) atoms. The molecule has 0 radical (unpaired) electrons. The Hall–Kier alpha value is 0.150. The van der Waals surface area contributed by atoms with Gasteiger partial charge in [0.05, 0.1) is 13.1 Å². The van der Waals surface area contributed by atoms with Gasteiger partial charge in [0.25, 0.3) is 0 Å². The van der Waals surface area contributed by atoms with E-state index < -0.39 is 22.7 Å². The van der Waals surface area contributed by atoms with Crippen LogP contribution >= 0.6 is 54.1 Å². The average Bonchev–Trinajstić information content (AvgIpc) is 3.06. The lowest BCUT2D eigenvalue weighted by molar-refractivity contribution is -0.131. The SMILES string of the molecule is CCCCCCCC(CCCC)[SH]1C(C(=O)O)=C(F)c2c(Br)sc(Br)c21. The zero-order chi connectivity index (χ0) is 19.3. The second-order valence-corrected chi connectivity index (χ2v) is 12.7. The van der Waals surface area contributed by atoms with Crippen LogP contribution in [-0.2, 0) is 4.79 Å². The van der Waals surface area contributed by atoms with Gasteiger partial charge in [-0.25, -0.2) is 9.18 Å². The summed E-state index contributed by atoms with van der Waals surface area (Å²) in [5.41, 5.74) is 0.484. The number of carbonyl (C=O) groups is 1. The largest absolute Gasteiger partial charge is 0.477 e. The Kier molecular flexibility index (Phi) is 9.17. The summed E-state index contributed by atoms with van der Waals surface area (Å²) in [7, 11) is -1.16. The summed E-state index contributed by atoms with van der Waals surface area (Å²) in [6.45, 7) is 4.35. The fourth-order valence-electron chi connectivity index (χ4n) is 3.50. The van der Waals surface area contributed by atoms with E-state index in [2.05, 4.69) is 45.7 Å². The van der Waals surface area contributed by atoms with Gasteiger partial charge in [-0.1, -0.05) is 58.8 Å². The molecule has 7 heteroatoms. The van der Waals surface area contributed by atoms with Crippen molar-refractivity contribution in [2.24, 2.45) is 0 Å². The van der Waals surface area contributed by atoms with Crippen LogP contribution in [0, 0.1) is 0 Å². The van der Waals surface area contributed by atoms with Gasteiger partial charge in [-0.2, -0.15) is 10.9 Å². The second-order valence-electron chi connectivity index (χ2n) is 6.71. The molecule has 0 aromatic carbocycles. The smallest absolute Gasteiger partial charge is 0.343 e. The third kappa shape index (κ3) is 4.95. The molecule has 0 aliphatic carbocycles. The van der Waals surface area contributed by atoms with Crippen LogP contribution in [0.5, 0.6) is 0 Å². The zero-order valence-corrected chi connectivity index (χ0v) is 20.2. The summed E-state index contributed by atoms with van der Waals surface area (Å²) < 4.78 is 16.6. The number of carboxylic acid groups (broad SMARTS) is 1. The number of thiophene rings is 1. The molecule has 2 heterocycles. The highest BCUT2D eigenvalue weighted by molar-refractivity contribution is 9.12. The van der Waals surface area contributed by atoms with Crippen LogP contribution in [-0.4, -0.2) is 16.3 Å². The van der Waals surface area contributed by atoms with Crippen LogP contribution in [0.1, 0.15) is 77.2 Å². The van der Waals surface area contributed by atoms with Crippen LogP contribution in [0.2, 0.25) is 0 Å². The molecule has 0 saturated carbocycles. The minimum atomic E-state index is -1.16. The summed E-state index contributed by atoms with van der Waals surface area (Å²) in [6.07, 6.45) is 10.0. The van der Waals surface area contributed by atoms with Gasteiger partial charge in [0.1, 0.15) is 4.91 Å². The number of halogens is 3. The molecule has 0 fully saturated rings. The molecule has 148 valence electrons. The van der Waals surface area contributed by atoms with Crippen LogP contribution in [0.25, 0.3) is 5.83 Å². The quantitative estimate of drug-likeness (QED) is 0.223. The van der Waals surface area contributed by atoms with Gasteiger partial charge in [-0.15, -0.1) is 11.3 Å². The maximum Gasteiger partial charge on any atom is 0.343 e. The van der Waals surface area contributed by atoms with E-state index in [-0.39, 0.29) is 10.2 Å². The first kappa shape index (κ1) is 22.4. The van der Waals surface area contributed by atoms with Gasteiger partial charge in [-0.05, 0) is 50.0 Å². The maximum atomic E-state index is 15.0. The van der Waals surface area contributed by atoms with E-state index >= 15 is 0 Å². The van der Waals surface area contributed by atoms with Crippen LogP contribution in [0.15, 0.2) is 17.4 Å². The number of rotatable bonds is 11. The monoisotopic (exact) mass is 528 g/mol. The Bertz CT molecular complexity index is 673. The van der Waals surface area contributed by atoms with E-state index in [9.17, 15) is 14.3 Å². The van der Waals surface area contributed by atoms with Gasteiger partial charge >= 0.3 is 5.97 Å². The number of hydrogen-bond acceptors (Lipinski definition) is 2. The van der Waals surface area contributed by atoms with Crippen molar-refractivity contribution in [1.82, 2.24) is 0 Å². The van der Waals surface area contributed by atoms with Crippen LogP contribution < -0.4 is 0 Å². The third-order valence-electron chi connectivity index (χ3n) is 4.81. The first-order chi connectivity index (χ1) is 12.4. The number of unbranched alkanes of at least 4 members (excludes halogenated alkanes) is 5. The highest BCUT2D eigenvalue weighted by Gasteiger charge is 2.41.